The Labute approximate surface area is 284 Å². The molecule has 5 aromatic rings. The Morgan fingerprint density at radius 2 is 0.956 bits per heavy atom. The minimum absolute atomic E-state index is 0.833. The van der Waals surface area contributed by atoms with Crippen LogP contribution >= 0.6 is 22.7 Å². The Hall–Kier alpha value is -3.11. The number of aromatic nitrogens is 6. The topological polar surface area (TPSA) is 107 Å². The van der Waals surface area contributed by atoms with Crippen LogP contribution in [0.4, 0.5) is 0 Å². The molecule has 5 rings (SSSR count). The number of nitrogens with zero attached hydrogens (tertiary/aromatic N) is 5. The maximum Gasteiger partial charge on any atom is 0.203 e. The van der Waals surface area contributed by atoms with Gasteiger partial charge in [-0.25, -0.2) is 9.97 Å². The van der Waals surface area contributed by atoms with Crippen molar-refractivity contribution in [3.8, 4) is 0 Å². The predicted octanol–water partition coefficient (Wildman–Crippen LogP) is 12.4. The molecule has 0 aliphatic carbocycles. The summed E-state index contributed by atoms with van der Waals surface area (Å²) in [6, 6.07) is 4.04. The fourth-order valence-electron chi connectivity index (χ4n) is 0.929. The average Bonchev–Trinajstić information content (AvgIpc) is 3.78. The minimum Gasteiger partial charge on any atom is -0.452 e. The number of rotatable bonds is 0. The van der Waals surface area contributed by atoms with Gasteiger partial charge in [-0.1, -0.05) is 116 Å². The average molecular weight is 667 g/mol. The van der Waals surface area contributed by atoms with Crippen molar-refractivity contribution in [2.24, 2.45) is 29.6 Å². The van der Waals surface area contributed by atoms with Crippen molar-refractivity contribution in [2.45, 2.75) is 104 Å². The van der Waals surface area contributed by atoms with Crippen LogP contribution in [0, 0.1) is 29.6 Å². The maximum absolute atomic E-state index is 4.47. The third kappa shape index (κ3) is 129. The Balaban J connectivity index is -0.000000132. The highest BCUT2D eigenvalue weighted by Gasteiger charge is 1.70. The smallest absolute Gasteiger partial charge is 0.203 e. The van der Waals surface area contributed by atoms with Crippen molar-refractivity contribution in [1.29, 1.82) is 0 Å². The Bertz CT molecular complexity index is 653. The van der Waals surface area contributed by atoms with Crippen LogP contribution in [0.3, 0.4) is 0 Å². The van der Waals surface area contributed by atoms with Crippen molar-refractivity contribution in [1.82, 2.24) is 30.1 Å². The highest BCUT2D eigenvalue weighted by molar-refractivity contribution is 7.07. The number of imidazole rings is 1. The molecule has 0 spiro atoms. The summed E-state index contributed by atoms with van der Waals surface area (Å²) in [5.41, 5.74) is 1.79. The third-order valence-electron chi connectivity index (χ3n) is 1.81. The molecule has 1 N–H and O–H groups in total. The number of thiophene rings is 1. The summed E-state index contributed by atoms with van der Waals surface area (Å²) in [5.74, 6) is 4.17. The molecule has 0 bridgehead atoms. The Morgan fingerprint density at radius 1 is 0.489 bits per heavy atom. The first-order valence-electron chi connectivity index (χ1n) is 15.4. The zero-order valence-corrected chi connectivity index (χ0v) is 32.5. The second kappa shape index (κ2) is 47.8. The van der Waals surface area contributed by atoms with Crippen LogP contribution in [0.1, 0.15) is 104 Å². The molecule has 0 fully saturated rings. The summed E-state index contributed by atoms with van der Waals surface area (Å²) in [6.07, 6.45) is 13.9. The summed E-state index contributed by atoms with van der Waals surface area (Å²) < 4.78 is 8.83. The second-order valence-corrected chi connectivity index (χ2v) is 13.7. The molecule has 5 heterocycles. The van der Waals surface area contributed by atoms with E-state index in [1.807, 2.05) is 28.3 Å². The molecule has 0 saturated carbocycles. The lowest BCUT2D eigenvalue weighted by Crippen LogP contribution is -1.66. The van der Waals surface area contributed by atoms with Gasteiger partial charge in [0.15, 0.2) is 6.39 Å². The molecule has 45 heavy (non-hydrogen) atoms. The van der Waals surface area contributed by atoms with Crippen molar-refractivity contribution >= 4 is 22.7 Å². The van der Waals surface area contributed by atoms with E-state index in [4.69, 9.17) is 0 Å². The van der Waals surface area contributed by atoms with E-state index in [2.05, 4.69) is 143 Å². The fraction of sp³-hybridized carbons (Fsp3) is 0.571. The van der Waals surface area contributed by atoms with E-state index < -0.39 is 0 Å². The molecule has 10 heteroatoms. The van der Waals surface area contributed by atoms with Crippen molar-refractivity contribution in [3.63, 3.8) is 0 Å². The molecule has 8 nitrogen and oxygen atoms in total. The first kappa shape index (κ1) is 51.5. The lowest BCUT2D eigenvalue weighted by Gasteiger charge is -1.79. The van der Waals surface area contributed by atoms with Crippen LogP contribution in [0.2, 0.25) is 0 Å². The third-order valence-corrected chi connectivity index (χ3v) is 2.96. The first-order chi connectivity index (χ1) is 21.2. The van der Waals surface area contributed by atoms with E-state index in [1.54, 1.807) is 59.3 Å². The van der Waals surface area contributed by atoms with Gasteiger partial charge in [0.2, 0.25) is 12.8 Å². The molecular weight excluding hydrogens is 601 g/mol. The summed E-state index contributed by atoms with van der Waals surface area (Å²) in [6.45, 7) is 32.5. The van der Waals surface area contributed by atoms with Gasteiger partial charge in [-0.3, -0.25) is 4.98 Å². The van der Waals surface area contributed by atoms with Crippen LogP contribution in [-0.4, -0.2) is 30.1 Å². The second-order valence-electron chi connectivity index (χ2n) is 12.1. The van der Waals surface area contributed by atoms with E-state index in [9.17, 15) is 0 Å². The van der Waals surface area contributed by atoms with Gasteiger partial charge in [0.25, 0.3) is 0 Å². The van der Waals surface area contributed by atoms with Gasteiger partial charge in [0.1, 0.15) is 6.26 Å². The van der Waals surface area contributed by atoms with Crippen LogP contribution in [-0.2, 0) is 0 Å². The SMILES string of the molecule is CC(C)C.CC(C)C.CC(C)C.CC(C)C.CC(C)C.c1c[nH]cn1.c1ccsc1.c1cocn1.c1cscn1.c1nnco1. The molecule has 0 unspecified atom stereocenters. The first-order valence-corrected chi connectivity index (χ1v) is 17.3. The van der Waals surface area contributed by atoms with Crippen LogP contribution < -0.4 is 0 Å². The predicted molar refractivity (Wildman–Crippen MR) is 198 cm³/mol. The van der Waals surface area contributed by atoms with Gasteiger partial charge in [-0.15, -0.1) is 21.5 Å². The zero-order valence-electron chi connectivity index (χ0n) is 30.9. The Kier molecular flexibility index (Phi) is 54.7. The van der Waals surface area contributed by atoms with Crippen molar-refractivity contribution in [3.05, 3.63) is 90.3 Å². The van der Waals surface area contributed by atoms with Gasteiger partial charge in [-0.05, 0) is 40.3 Å². The van der Waals surface area contributed by atoms with Gasteiger partial charge in [0.05, 0.1) is 18.0 Å². The fourth-order valence-corrected chi connectivity index (χ4v) is 1.73. The molecule has 0 amide bonds. The summed E-state index contributed by atoms with van der Waals surface area (Å²) in [4.78, 5) is 13.7. The number of oxazole rings is 1. The van der Waals surface area contributed by atoms with Crippen molar-refractivity contribution in [2.75, 3.05) is 0 Å². The number of H-pyrrole nitrogens is 1. The number of thiazole rings is 1. The van der Waals surface area contributed by atoms with Crippen LogP contribution in [0.25, 0.3) is 0 Å². The molecular formula is C35H66N6O2S2. The van der Waals surface area contributed by atoms with E-state index in [1.165, 1.54) is 25.4 Å². The molecule has 0 aliphatic heterocycles. The molecule has 0 radical (unpaired) electrons. The van der Waals surface area contributed by atoms with Crippen LogP contribution in [0.5, 0.6) is 0 Å². The summed E-state index contributed by atoms with van der Waals surface area (Å²) in [5, 5.41) is 12.6. The largest absolute Gasteiger partial charge is 0.452 e. The summed E-state index contributed by atoms with van der Waals surface area (Å²) in [7, 11) is 0. The molecule has 0 atom stereocenters. The maximum atomic E-state index is 4.47. The standard InChI is InChI=1S/C4H4S.5C4H10.C3H4N2.C3H3NO.C3H3NS.C2H2N2O/c1-2-4-5-3-1;5*1-4(2)3;3*1-2-5-3-4-1;1-3-4-2-5-1/h1-4H;5*4H,1-3H3;1-3H,(H,4,5);2*1-3H;1-2H. The van der Waals surface area contributed by atoms with Gasteiger partial charge < -0.3 is 13.8 Å². The van der Waals surface area contributed by atoms with Gasteiger partial charge in [-0.2, -0.15) is 11.3 Å². The van der Waals surface area contributed by atoms with Crippen LogP contribution in [0.15, 0.2) is 99.2 Å². The van der Waals surface area contributed by atoms with E-state index in [0.717, 1.165) is 29.6 Å². The van der Waals surface area contributed by atoms with E-state index in [-0.39, 0.29) is 0 Å². The minimum atomic E-state index is 0.833. The number of hydrogen-bond donors (Lipinski definition) is 1. The number of aromatic amines is 1. The Morgan fingerprint density at radius 3 is 1.07 bits per heavy atom. The molecule has 0 aromatic carbocycles. The van der Waals surface area contributed by atoms with Crippen molar-refractivity contribution < 1.29 is 8.83 Å². The molecule has 0 saturated heterocycles. The van der Waals surface area contributed by atoms with E-state index in [0.29, 0.717) is 0 Å². The summed E-state index contributed by atoms with van der Waals surface area (Å²) >= 11 is 3.31. The highest BCUT2D eigenvalue weighted by atomic mass is 32.1. The number of hydrogen-bond acceptors (Lipinski definition) is 9. The normalized spacial score (nSPS) is 8.44. The molecule has 0 aliphatic rings. The van der Waals surface area contributed by atoms with Gasteiger partial charge in [0, 0.05) is 24.0 Å². The lowest BCUT2D eigenvalue weighted by molar-refractivity contribution is 0.553. The molecule has 5 aromatic heterocycles. The lowest BCUT2D eigenvalue weighted by atomic mass is 10.3. The van der Waals surface area contributed by atoms with E-state index >= 15 is 0 Å². The number of nitrogens with one attached hydrogen (secondary N) is 1. The van der Waals surface area contributed by atoms with Gasteiger partial charge >= 0.3 is 0 Å². The monoisotopic (exact) mass is 666 g/mol. The highest BCUT2D eigenvalue weighted by Crippen LogP contribution is 1.91. The molecule has 260 valence electrons. The zero-order chi connectivity index (χ0) is 35.6. The quantitative estimate of drug-likeness (QED) is 0.175.